The number of benzene rings is 2. The van der Waals surface area contributed by atoms with Crippen LogP contribution in [0.25, 0.3) is 0 Å². The number of rotatable bonds is 8. The van der Waals surface area contributed by atoms with E-state index in [1.807, 2.05) is 56.3 Å². The summed E-state index contributed by atoms with van der Waals surface area (Å²) in [5, 5.41) is 5.53. The Morgan fingerprint density at radius 3 is 2.40 bits per heavy atom. The summed E-state index contributed by atoms with van der Waals surface area (Å²) in [6, 6.07) is 14.3. The van der Waals surface area contributed by atoms with Crippen molar-refractivity contribution in [1.29, 1.82) is 0 Å². The molecule has 2 rings (SSSR count). The van der Waals surface area contributed by atoms with Crippen LogP contribution in [0.4, 0.5) is 10.5 Å². The normalized spacial score (nSPS) is 10.2. The van der Waals surface area contributed by atoms with Crippen molar-refractivity contribution in [2.75, 3.05) is 25.6 Å². The van der Waals surface area contributed by atoms with Gasteiger partial charge in [0.1, 0.15) is 23.9 Å². The fraction of sp³-hybridized carbons (Fsp3) is 0.316. The van der Waals surface area contributed by atoms with Crippen molar-refractivity contribution in [3.8, 4) is 17.2 Å². The first kappa shape index (κ1) is 18.4. The maximum absolute atomic E-state index is 12.0. The first-order valence-electron chi connectivity index (χ1n) is 8.16. The molecule has 0 spiro atoms. The molecule has 2 aromatic rings. The summed E-state index contributed by atoms with van der Waals surface area (Å²) in [7, 11) is 1.61. The largest absolute Gasteiger partial charge is 0.497 e. The van der Waals surface area contributed by atoms with Gasteiger partial charge in [0, 0.05) is 0 Å². The van der Waals surface area contributed by atoms with Crippen LogP contribution in [0, 0.1) is 0 Å². The lowest BCUT2D eigenvalue weighted by Gasteiger charge is -2.15. The number of carbonyl (C=O) groups is 1. The van der Waals surface area contributed by atoms with E-state index in [-0.39, 0.29) is 12.1 Å². The number of hydrogen-bond donors (Lipinski definition) is 2. The second-order valence-electron chi connectivity index (χ2n) is 5.57. The van der Waals surface area contributed by atoms with Crippen molar-refractivity contribution >= 4 is 11.7 Å². The molecule has 0 atom stereocenters. The molecular formula is C19H24N2O4. The summed E-state index contributed by atoms with van der Waals surface area (Å²) in [5.74, 6) is 2.13. The molecule has 134 valence electrons. The van der Waals surface area contributed by atoms with E-state index >= 15 is 0 Å². The quantitative estimate of drug-likeness (QED) is 0.717. The number of hydrogen-bond acceptors (Lipinski definition) is 4. The summed E-state index contributed by atoms with van der Waals surface area (Å²) in [6.45, 7) is 4.62. The predicted molar refractivity (Wildman–Crippen MR) is 97.7 cm³/mol. The number of ether oxygens (including phenoxy) is 3. The number of carbonyl (C=O) groups excluding carboxylic acids is 1. The number of urea groups is 1. The van der Waals surface area contributed by atoms with Crippen molar-refractivity contribution < 1.29 is 19.0 Å². The fourth-order valence-corrected chi connectivity index (χ4v) is 2.10. The van der Waals surface area contributed by atoms with Crippen molar-refractivity contribution in [3.63, 3.8) is 0 Å². The molecule has 25 heavy (non-hydrogen) atoms. The number of anilines is 1. The molecule has 6 heteroatoms. The third kappa shape index (κ3) is 6.25. The number of methoxy groups -OCH3 is 1. The van der Waals surface area contributed by atoms with Crippen molar-refractivity contribution in [2.45, 2.75) is 20.0 Å². The Kier molecular flexibility index (Phi) is 6.95. The Hall–Kier alpha value is -2.89. The van der Waals surface area contributed by atoms with Gasteiger partial charge in [-0.3, -0.25) is 0 Å². The third-order valence-corrected chi connectivity index (χ3v) is 3.21. The van der Waals surface area contributed by atoms with Crippen LogP contribution in [-0.4, -0.2) is 32.4 Å². The van der Waals surface area contributed by atoms with Gasteiger partial charge in [0.2, 0.25) is 0 Å². The second-order valence-corrected chi connectivity index (χ2v) is 5.57. The number of amides is 2. The highest BCUT2D eigenvalue weighted by Gasteiger charge is 2.08. The maximum Gasteiger partial charge on any atom is 0.319 e. The van der Waals surface area contributed by atoms with Crippen molar-refractivity contribution in [2.24, 2.45) is 0 Å². The molecule has 0 saturated heterocycles. The lowest BCUT2D eigenvalue weighted by molar-refractivity contribution is 0.240. The average molecular weight is 344 g/mol. The van der Waals surface area contributed by atoms with Gasteiger partial charge in [-0.2, -0.15) is 0 Å². The fourth-order valence-electron chi connectivity index (χ4n) is 2.10. The molecule has 2 aromatic carbocycles. The van der Waals surface area contributed by atoms with Crippen molar-refractivity contribution in [3.05, 3.63) is 48.5 Å². The van der Waals surface area contributed by atoms with Gasteiger partial charge in [0.25, 0.3) is 0 Å². The summed E-state index contributed by atoms with van der Waals surface area (Å²) < 4.78 is 16.3. The van der Waals surface area contributed by atoms with Crippen molar-refractivity contribution in [1.82, 2.24) is 5.32 Å². The molecule has 0 aromatic heterocycles. The van der Waals surface area contributed by atoms with Gasteiger partial charge in [-0.05, 0) is 50.2 Å². The highest BCUT2D eigenvalue weighted by Crippen LogP contribution is 2.24. The van der Waals surface area contributed by atoms with Crippen LogP contribution in [0.3, 0.4) is 0 Å². The Morgan fingerprint density at radius 1 is 1.04 bits per heavy atom. The number of nitrogens with one attached hydrogen (secondary N) is 2. The Labute approximate surface area is 148 Å². The van der Waals surface area contributed by atoms with E-state index < -0.39 is 0 Å². The monoisotopic (exact) mass is 344 g/mol. The van der Waals surface area contributed by atoms with Crippen LogP contribution in [0.5, 0.6) is 17.2 Å². The average Bonchev–Trinajstić information content (AvgIpc) is 2.60. The van der Waals surface area contributed by atoms with Gasteiger partial charge in [-0.1, -0.05) is 12.1 Å². The smallest absolute Gasteiger partial charge is 0.319 e. The molecule has 0 fully saturated rings. The highest BCUT2D eigenvalue weighted by molar-refractivity contribution is 5.90. The third-order valence-electron chi connectivity index (χ3n) is 3.21. The molecule has 0 aliphatic carbocycles. The van der Waals surface area contributed by atoms with Gasteiger partial charge >= 0.3 is 6.03 Å². The Bertz CT molecular complexity index is 671. The van der Waals surface area contributed by atoms with Crippen LogP contribution in [0.2, 0.25) is 0 Å². The minimum absolute atomic E-state index is 0.0314. The van der Waals surface area contributed by atoms with E-state index in [4.69, 9.17) is 14.2 Å². The molecular weight excluding hydrogens is 320 g/mol. The predicted octanol–water partition coefficient (Wildman–Crippen LogP) is 3.68. The molecule has 2 amide bonds. The molecule has 0 radical (unpaired) electrons. The van der Waals surface area contributed by atoms with E-state index in [1.165, 1.54) is 0 Å². The van der Waals surface area contributed by atoms with Gasteiger partial charge < -0.3 is 24.8 Å². The molecule has 6 nitrogen and oxygen atoms in total. The zero-order valence-corrected chi connectivity index (χ0v) is 14.7. The SMILES string of the molecule is COc1ccc(OCCNC(=O)Nc2ccccc2OC(C)C)cc1. The zero-order valence-electron chi connectivity index (χ0n) is 14.7. The molecule has 0 unspecified atom stereocenters. The van der Waals surface area contributed by atoms with Gasteiger partial charge in [0.05, 0.1) is 25.4 Å². The molecule has 0 aliphatic rings. The highest BCUT2D eigenvalue weighted by atomic mass is 16.5. The van der Waals surface area contributed by atoms with Gasteiger partial charge in [0.15, 0.2) is 0 Å². The lowest BCUT2D eigenvalue weighted by atomic mass is 10.3. The standard InChI is InChI=1S/C19H24N2O4/c1-14(2)25-18-7-5-4-6-17(18)21-19(22)20-12-13-24-16-10-8-15(23-3)9-11-16/h4-11,14H,12-13H2,1-3H3,(H2,20,21,22). The van der Waals surface area contributed by atoms with E-state index in [1.54, 1.807) is 13.2 Å². The van der Waals surface area contributed by atoms with E-state index in [0.29, 0.717) is 24.6 Å². The first-order valence-corrected chi connectivity index (χ1v) is 8.16. The summed E-state index contributed by atoms with van der Waals surface area (Å²) >= 11 is 0. The minimum atomic E-state index is -0.307. The van der Waals surface area contributed by atoms with Crippen LogP contribution in [-0.2, 0) is 0 Å². The van der Waals surface area contributed by atoms with Crippen LogP contribution >= 0.6 is 0 Å². The van der Waals surface area contributed by atoms with E-state index in [0.717, 1.165) is 11.5 Å². The molecule has 0 bridgehead atoms. The van der Waals surface area contributed by atoms with Gasteiger partial charge in [-0.25, -0.2) is 4.79 Å². The second kappa shape index (κ2) is 9.42. The van der Waals surface area contributed by atoms with E-state index in [9.17, 15) is 4.79 Å². The van der Waals surface area contributed by atoms with E-state index in [2.05, 4.69) is 10.6 Å². The van der Waals surface area contributed by atoms with Gasteiger partial charge in [-0.15, -0.1) is 0 Å². The first-order chi connectivity index (χ1) is 12.1. The minimum Gasteiger partial charge on any atom is -0.497 e. The maximum atomic E-state index is 12.0. The van der Waals surface area contributed by atoms with Crippen LogP contribution < -0.4 is 24.8 Å². The lowest BCUT2D eigenvalue weighted by Crippen LogP contribution is -2.32. The molecule has 0 saturated carbocycles. The molecule has 0 heterocycles. The molecule has 0 aliphatic heterocycles. The summed E-state index contributed by atoms with van der Waals surface area (Å²) in [5.41, 5.74) is 0.629. The number of para-hydroxylation sites is 2. The van der Waals surface area contributed by atoms with Crippen LogP contribution in [0.1, 0.15) is 13.8 Å². The Morgan fingerprint density at radius 2 is 1.72 bits per heavy atom. The summed E-state index contributed by atoms with van der Waals surface area (Å²) in [6.07, 6.45) is 0.0314. The summed E-state index contributed by atoms with van der Waals surface area (Å²) in [4.78, 5) is 12.0. The Balaban J connectivity index is 1.75. The zero-order chi connectivity index (χ0) is 18.1. The topological polar surface area (TPSA) is 68.8 Å². The van der Waals surface area contributed by atoms with Crippen LogP contribution in [0.15, 0.2) is 48.5 Å². The molecule has 2 N–H and O–H groups in total.